The molecule has 0 aliphatic carbocycles. The zero-order chi connectivity index (χ0) is 15.8. The summed E-state index contributed by atoms with van der Waals surface area (Å²) in [5.41, 5.74) is 2.32. The fraction of sp³-hybridized carbons (Fsp3) is 0.562. The van der Waals surface area contributed by atoms with E-state index in [2.05, 4.69) is 19.2 Å². The van der Waals surface area contributed by atoms with Gasteiger partial charge in [-0.05, 0) is 38.5 Å². The lowest BCUT2D eigenvalue weighted by molar-refractivity contribution is -0.904. The van der Waals surface area contributed by atoms with Crippen molar-refractivity contribution in [2.75, 3.05) is 33.9 Å². The first-order valence-corrected chi connectivity index (χ1v) is 7.37. The highest BCUT2D eigenvalue weighted by atomic mass is 16.5. The van der Waals surface area contributed by atoms with E-state index in [4.69, 9.17) is 9.47 Å². The molecular formula is C16H27N2O3+. The van der Waals surface area contributed by atoms with Crippen LogP contribution < -0.4 is 19.7 Å². The monoisotopic (exact) mass is 295 g/mol. The highest BCUT2D eigenvalue weighted by molar-refractivity contribution is 5.76. The summed E-state index contributed by atoms with van der Waals surface area (Å²) >= 11 is 0. The Kier molecular flexibility index (Phi) is 7.02. The van der Waals surface area contributed by atoms with Gasteiger partial charge in [-0.15, -0.1) is 0 Å². The van der Waals surface area contributed by atoms with Gasteiger partial charge in [0.05, 0.1) is 20.8 Å². The molecule has 0 bridgehead atoms. The zero-order valence-corrected chi connectivity index (χ0v) is 13.7. The third kappa shape index (κ3) is 4.93. The summed E-state index contributed by atoms with van der Waals surface area (Å²) in [6, 6.07) is 3.98. The lowest BCUT2D eigenvalue weighted by Gasteiger charge is -2.19. The quantitative estimate of drug-likeness (QED) is 0.736. The minimum Gasteiger partial charge on any atom is -0.493 e. The SMILES string of the molecule is CCNC(=O)C[NH+](CC)Cc1cc(OC)c(OC)cc1C. The molecule has 1 atom stereocenters. The van der Waals surface area contributed by atoms with Crippen LogP contribution in [0.1, 0.15) is 25.0 Å². The van der Waals surface area contributed by atoms with E-state index in [0.717, 1.165) is 30.2 Å². The number of nitrogens with one attached hydrogen (secondary N) is 2. The number of aryl methyl sites for hydroxylation is 1. The lowest BCUT2D eigenvalue weighted by atomic mass is 10.1. The summed E-state index contributed by atoms with van der Waals surface area (Å²) in [6.45, 7) is 8.91. The topological polar surface area (TPSA) is 52.0 Å². The largest absolute Gasteiger partial charge is 0.493 e. The van der Waals surface area contributed by atoms with Crippen LogP contribution in [0.2, 0.25) is 0 Å². The van der Waals surface area contributed by atoms with Gasteiger partial charge in [0.25, 0.3) is 5.91 Å². The van der Waals surface area contributed by atoms with E-state index in [0.29, 0.717) is 13.1 Å². The average molecular weight is 295 g/mol. The summed E-state index contributed by atoms with van der Waals surface area (Å²) < 4.78 is 10.7. The summed E-state index contributed by atoms with van der Waals surface area (Å²) in [4.78, 5) is 13.0. The third-order valence-electron chi connectivity index (χ3n) is 3.57. The van der Waals surface area contributed by atoms with Gasteiger partial charge in [0, 0.05) is 12.1 Å². The van der Waals surface area contributed by atoms with Crippen molar-refractivity contribution in [3.05, 3.63) is 23.3 Å². The highest BCUT2D eigenvalue weighted by Crippen LogP contribution is 2.29. The number of rotatable bonds is 8. The van der Waals surface area contributed by atoms with E-state index in [1.807, 2.05) is 19.1 Å². The average Bonchev–Trinajstić information content (AvgIpc) is 2.48. The molecule has 1 unspecified atom stereocenters. The second-order valence-electron chi connectivity index (χ2n) is 5.04. The number of likely N-dealkylation sites (N-methyl/N-ethyl adjacent to an activating group) is 2. The Hall–Kier alpha value is -1.75. The van der Waals surface area contributed by atoms with Gasteiger partial charge in [0.15, 0.2) is 18.0 Å². The standard InChI is InChI=1S/C16H26N2O3/c1-6-17-16(19)11-18(7-2)10-13-9-15(21-5)14(20-4)8-12(13)3/h8-9H,6-7,10-11H2,1-5H3,(H,17,19)/p+1. The van der Waals surface area contributed by atoms with Crippen molar-refractivity contribution in [2.24, 2.45) is 0 Å². The maximum Gasteiger partial charge on any atom is 0.275 e. The maximum absolute atomic E-state index is 11.7. The minimum atomic E-state index is 0.0903. The van der Waals surface area contributed by atoms with E-state index in [1.165, 1.54) is 10.5 Å². The van der Waals surface area contributed by atoms with Crippen molar-refractivity contribution in [3.8, 4) is 11.5 Å². The molecule has 0 radical (unpaired) electrons. The van der Waals surface area contributed by atoms with Gasteiger partial charge < -0.3 is 19.7 Å². The zero-order valence-electron chi connectivity index (χ0n) is 13.7. The van der Waals surface area contributed by atoms with Gasteiger partial charge >= 0.3 is 0 Å². The van der Waals surface area contributed by atoms with Crippen molar-refractivity contribution in [1.82, 2.24) is 5.32 Å². The van der Waals surface area contributed by atoms with Gasteiger partial charge in [-0.1, -0.05) is 0 Å². The molecule has 1 aromatic carbocycles. The number of carbonyl (C=O) groups excluding carboxylic acids is 1. The smallest absolute Gasteiger partial charge is 0.275 e. The first-order chi connectivity index (χ1) is 10.0. The third-order valence-corrected chi connectivity index (χ3v) is 3.57. The summed E-state index contributed by atoms with van der Waals surface area (Å²) in [5, 5.41) is 2.85. The predicted octanol–water partition coefficient (Wildman–Crippen LogP) is 0.553. The number of hydrogen-bond donors (Lipinski definition) is 2. The Morgan fingerprint density at radius 3 is 2.33 bits per heavy atom. The Morgan fingerprint density at radius 1 is 1.19 bits per heavy atom. The second-order valence-corrected chi connectivity index (χ2v) is 5.04. The van der Waals surface area contributed by atoms with Gasteiger partial charge in [-0.2, -0.15) is 0 Å². The maximum atomic E-state index is 11.7. The number of carbonyl (C=O) groups is 1. The molecule has 0 aliphatic rings. The van der Waals surface area contributed by atoms with Crippen LogP contribution in [0.15, 0.2) is 12.1 Å². The van der Waals surface area contributed by atoms with Crippen molar-refractivity contribution in [2.45, 2.75) is 27.3 Å². The molecule has 0 aliphatic heterocycles. The van der Waals surface area contributed by atoms with Crippen LogP contribution in [0.3, 0.4) is 0 Å². The van der Waals surface area contributed by atoms with Crippen LogP contribution in [0.25, 0.3) is 0 Å². The molecule has 0 fully saturated rings. The summed E-state index contributed by atoms with van der Waals surface area (Å²) in [5.74, 6) is 1.56. The number of ether oxygens (including phenoxy) is 2. The van der Waals surface area contributed by atoms with Crippen LogP contribution in [-0.4, -0.2) is 39.8 Å². The number of methoxy groups -OCH3 is 2. The fourth-order valence-corrected chi connectivity index (χ4v) is 2.28. The van der Waals surface area contributed by atoms with Crippen LogP contribution >= 0.6 is 0 Å². The Morgan fingerprint density at radius 2 is 1.81 bits per heavy atom. The summed E-state index contributed by atoms with van der Waals surface area (Å²) in [6.07, 6.45) is 0. The van der Waals surface area contributed by atoms with Crippen molar-refractivity contribution >= 4 is 5.91 Å². The van der Waals surface area contributed by atoms with E-state index in [-0.39, 0.29) is 5.91 Å². The van der Waals surface area contributed by atoms with Crippen molar-refractivity contribution < 1.29 is 19.2 Å². The van der Waals surface area contributed by atoms with E-state index in [1.54, 1.807) is 14.2 Å². The number of quaternary nitrogens is 1. The molecule has 0 aromatic heterocycles. The Labute approximate surface area is 127 Å². The number of hydrogen-bond acceptors (Lipinski definition) is 3. The first kappa shape index (κ1) is 17.3. The molecule has 118 valence electrons. The van der Waals surface area contributed by atoms with E-state index < -0.39 is 0 Å². The molecule has 1 rings (SSSR count). The molecule has 2 N–H and O–H groups in total. The number of benzene rings is 1. The lowest BCUT2D eigenvalue weighted by Crippen LogP contribution is -3.11. The fourth-order valence-electron chi connectivity index (χ4n) is 2.28. The van der Waals surface area contributed by atoms with E-state index in [9.17, 15) is 4.79 Å². The van der Waals surface area contributed by atoms with E-state index >= 15 is 0 Å². The van der Waals surface area contributed by atoms with Gasteiger partial charge in [-0.3, -0.25) is 4.79 Å². The van der Waals surface area contributed by atoms with Gasteiger partial charge in [-0.25, -0.2) is 0 Å². The summed E-state index contributed by atoms with van der Waals surface area (Å²) in [7, 11) is 3.27. The molecule has 1 aromatic rings. The number of amides is 1. The van der Waals surface area contributed by atoms with Crippen LogP contribution in [0.5, 0.6) is 11.5 Å². The van der Waals surface area contributed by atoms with Crippen LogP contribution in [0.4, 0.5) is 0 Å². The first-order valence-electron chi connectivity index (χ1n) is 7.37. The van der Waals surface area contributed by atoms with Gasteiger partial charge in [0.1, 0.15) is 6.54 Å². The molecule has 0 saturated heterocycles. The second kappa shape index (κ2) is 8.52. The van der Waals surface area contributed by atoms with Crippen molar-refractivity contribution in [1.29, 1.82) is 0 Å². The molecule has 0 saturated carbocycles. The predicted molar refractivity (Wildman–Crippen MR) is 83.0 cm³/mol. The van der Waals surface area contributed by atoms with Crippen molar-refractivity contribution in [3.63, 3.8) is 0 Å². The molecule has 5 nitrogen and oxygen atoms in total. The van der Waals surface area contributed by atoms with Crippen LogP contribution in [-0.2, 0) is 11.3 Å². The molecular weight excluding hydrogens is 268 g/mol. The molecule has 0 heterocycles. The normalized spacial score (nSPS) is 11.9. The Bertz CT molecular complexity index is 475. The van der Waals surface area contributed by atoms with Gasteiger partial charge in [0.2, 0.25) is 0 Å². The minimum absolute atomic E-state index is 0.0903. The van der Waals surface area contributed by atoms with Crippen LogP contribution in [0, 0.1) is 6.92 Å². The molecule has 5 heteroatoms. The molecule has 21 heavy (non-hydrogen) atoms. The Balaban J connectivity index is 2.86. The molecule has 1 amide bonds. The highest BCUT2D eigenvalue weighted by Gasteiger charge is 2.16. The molecule has 0 spiro atoms.